The molecule has 106 valence electrons. The number of nitrogens with two attached hydrogens (primary N) is 1. The maximum absolute atomic E-state index is 12.3. The van der Waals surface area contributed by atoms with Gasteiger partial charge in [-0.1, -0.05) is 6.92 Å². The Morgan fingerprint density at radius 3 is 2.53 bits per heavy atom. The second-order valence-electron chi connectivity index (χ2n) is 4.76. The molecule has 0 aromatic carbocycles. The number of hydrogen-bond acceptors (Lipinski definition) is 5. The molecule has 0 aliphatic rings. The summed E-state index contributed by atoms with van der Waals surface area (Å²) in [7, 11) is 5.76. The smallest absolute Gasteiger partial charge is 0.253 e. The highest BCUT2D eigenvalue weighted by Crippen LogP contribution is 2.12. The topological polar surface area (TPSA) is 74.5 Å². The third kappa shape index (κ3) is 4.50. The number of pyridine rings is 1. The lowest BCUT2D eigenvalue weighted by Gasteiger charge is -2.20. The fourth-order valence-electron chi connectivity index (χ4n) is 1.64. The van der Waals surface area contributed by atoms with Crippen molar-refractivity contribution in [3.8, 4) is 0 Å². The van der Waals surface area contributed by atoms with Crippen LogP contribution in [0.1, 0.15) is 23.0 Å². The van der Waals surface area contributed by atoms with E-state index < -0.39 is 0 Å². The molecule has 0 aliphatic heterocycles. The van der Waals surface area contributed by atoms with Crippen molar-refractivity contribution in [1.29, 1.82) is 0 Å². The molecule has 3 N–H and O–H groups in total. The zero-order chi connectivity index (χ0) is 14.4. The van der Waals surface area contributed by atoms with E-state index >= 15 is 0 Å². The summed E-state index contributed by atoms with van der Waals surface area (Å²) >= 11 is 0. The minimum atomic E-state index is -0.0181. The zero-order valence-corrected chi connectivity index (χ0v) is 12.1. The number of aromatic nitrogens is 1. The van der Waals surface area contributed by atoms with E-state index in [0.29, 0.717) is 17.9 Å². The average Bonchev–Trinajstić information content (AvgIpc) is 2.42. The summed E-state index contributed by atoms with van der Waals surface area (Å²) in [5.41, 5.74) is 3.96. The summed E-state index contributed by atoms with van der Waals surface area (Å²) in [6, 6.07) is 3.49. The second kappa shape index (κ2) is 7.06. The molecule has 1 aromatic rings. The van der Waals surface area contributed by atoms with Crippen LogP contribution < -0.4 is 11.3 Å². The minimum Gasteiger partial charge on any atom is -0.340 e. The number of hydrogen-bond donors (Lipinski definition) is 2. The molecular formula is C13H23N5O. The first-order valence-electron chi connectivity index (χ1n) is 6.35. The van der Waals surface area contributed by atoms with Crippen molar-refractivity contribution in [2.75, 3.05) is 39.7 Å². The van der Waals surface area contributed by atoms with E-state index in [1.165, 1.54) is 0 Å². The molecule has 19 heavy (non-hydrogen) atoms. The molecule has 0 saturated heterocycles. The van der Waals surface area contributed by atoms with Crippen LogP contribution in [0.3, 0.4) is 0 Å². The Morgan fingerprint density at radius 1 is 1.32 bits per heavy atom. The van der Waals surface area contributed by atoms with Crippen molar-refractivity contribution in [3.05, 3.63) is 23.4 Å². The van der Waals surface area contributed by atoms with Crippen LogP contribution in [0.5, 0.6) is 0 Å². The van der Waals surface area contributed by atoms with Gasteiger partial charge in [0.1, 0.15) is 5.82 Å². The SMILES string of the molecule is CCc1cc(C(=O)N(C)CCN(C)C)cc(NN)n1. The van der Waals surface area contributed by atoms with Crippen LogP contribution >= 0.6 is 0 Å². The third-order valence-corrected chi connectivity index (χ3v) is 2.86. The molecule has 0 radical (unpaired) electrons. The molecule has 1 amide bonds. The summed E-state index contributed by atoms with van der Waals surface area (Å²) < 4.78 is 0. The number of carbonyl (C=O) groups is 1. The zero-order valence-electron chi connectivity index (χ0n) is 12.1. The van der Waals surface area contributed by atoms with Crippen LogP contribution in [0.4, 0.5) is 5.82 Å². The molecule has 0 atom stereocenters. The highest BCUT2D eigenvalue weighted by Gasteiger charge is 2.13. The lowest BCUT2D eigenvalue weighted by atomic mass is 10.1. The van der Waals surface area contributed by atoms with E-state index in [9.17, 15) is 4.79 Å². The van der Waals surface area contributed by atoms with Crippen LogP contribution in [0.2, 0.25) is 0 Å². The predicted molar refractivity (Wildman–Crippen MR) is 76.9 cm³/mol. The fourth-order valence-corrected chi connectivity index (χ4v) is 1.64. The van der Waals surface area contributed by atoms with E-state index in [4.69, 9.17) is 5.84 Å². The second-order valence-corrected chi connectivity index (χ2v) is 4.76. The lowest BCUT2D eigenvalue weighted by Crippen LogP contribution is -2.33. The summed E-state index contributed by atoms with van der Waals surface area (Å²) in [5, 5.41) is 0. The Balaban J connectivity index is 2.85. The summed E-state index contributed by atoms with van der Waals surface area (Å²) in [4.78, 5) is 20.3. The van der Waals surface area contributed by atoms with Crippen molar-refractivity contribution >= 4 is 11.7 Å². The molecule has 0 aliphatic carbocycles. The molecule has 0 fully saturated rings. The highest BCUT2D eigenvalue weighted by atomic mass is 16.2. The van der Waals surface area contributed by atoms with Gasteiger partial charge in [-0.05, 0) is 32.6 Å². The average molecular weight is 265 g/mol. The quantitative estimate of drug-likeness (QED) is 0.581. The number of carbonyl (C=O) groups excluding carboxylic acids is 1. The molecule has 6 nitrogen and oxygen atoms in total. The number of anilines is 1. The number of nitrogens with zero attached hydrogens (tertiary/aromatic N) is 3. The fraction of sp³-hybridized carbons (Fsp3) is 0.538. The summed E-state index contributed by atoms with van der Waals surface area (Å²) in [6.07, 6.45) is 0.761. The van der Waals surface area contributed by atoms with E-state index in [-0.39, 0.29) is 5.91 Å². The lowest BCUT2D eigenvalue weighted by molar-refractivity contribution is 0.0786. The van der Waals surface area contributed by atoms with Crippen LogP contribution in [-0.2, 0) is 6.42 Å². The number of likely N-dealkylation sites (N-methyl/N-ethyl adjacent to an activating group) is 2. The molecule has 1 heterocycles. The van der Waals surface area contributed by atoms with Crippen molar-refractivity contribution in [1.82, 2.24) is 14.8 Å². The van der Waals surface area contributed by atoms with E-state index in [1.54, 1.807) is 18.0 Å². The Bertz CT molecular complexity index is 411. The maximum atomic E-state index is 12.3. The number of rotatable bonds is 6. The minimum absolute atomic E-state index is 0.0181. The molecule has 0 bridgehead atoms. The molecule has 0 saturated carbocycles. The Morgan fingerprint density at radius 2 is 2.00 bits per heavy atom. The van der Waals surface area contributed by atoms with Gasteiger partial charge < -0.3 is 15.2 Å². The van der Waals surface area contributed by atoms with Gasteiger partial charge in [-0.3, -0.25) is 4.79 Å². The Labute approximate surface area is 114 Å². The molecule has 1 rings (SSSR count). The van der Waals surface area contributed by atoms with Gasteiger partial charge in [0.05, 0.1) is 0 Å². The van der Waals surface area contributed by atoms with Gasteiger partial charge in [0.2, 0.25) is 0 Å². The van der Waals surface area contributed by atoms with E-state index in [2.05, 4.69) is 10.4 Å². The van der Waals surface area contributed by atoms with Gasteiger partial charge >= 0.3 is 0 Å². The number of aryl methyl sites for hydroxylation is 1. The van der Waals surface area contributed by atoms with Gasteiger partial charge in [-0.15, -0.1) is 0 Å². The number of hydrazine groups is 1. The molecule has 6 heteroatoms. The number of nitrogen functional groups attached to an aromatic ring is 1. The molecule has 1 aromatic heterocycles. The highest BCUT2D eigenvalue weighted by molar-refractivity contribution is 5.94. The van der Waals surface area contributed by atoms with Crippen LogP contribution in [0.25, 0.3) is 0 Å². The van der Waals surface area contributed by atoms with Crippen molar-refractivity contribution < 1.29 is 4.79 Å². The van der Waals surface area contributed by atoms with Gasteiger partial charge in [-0.25, -0.2) is 10.8 Å². The summed E-state index contributed by atoms with van der Waals surface area (Å²) in [6.45, 7) is 3.50. The van der Waals surface area contributed by atoms with Gasteiger partial charge in [-0.2, -0.15) is 0 Å². The first kappa shape index (κ1) is 15.4. The molecular weight excluding hydrogens is 242 g/mol. The first-order chi connectivity index (χ1) is 8.97. The van der Waals surface area contributed by atoms with Crippen LogP contribution in [0, 0.1) is 0 Å². The standard InChI is InChI=1S/C13H23N5O/c1-5-11-8-10(9-12(15-11)16-14)13(19)18(4)7-6-17(2)3/h8-9H,5-7,14H2,1-4H3,(H,15,16). The van der Waals surface area contributed by atoms with Gasteiger partial charge in [0.25, 0.3) is 5.91 Å². The van der Waals surface area contributed by atoms with Crippen molar-refractivity contribution in [3.63, 3.8) is 0 Å². The van der Waals surface area contributed by atoms with Gasteiger partial charge in [0, 0.05) is 31.4 Å². The monoisotopic (exact) mass is 265 g/mol. The number of amides is 1. The maximum Gasteiger partial charge on any atom is 0.253 e. The van der Waals surface area contributed by atoms with Crippen LogP contribution in [0.15, 0.2) is 12.1 Å². The Kier molecular flexibility index (Phi) is 5.72. The third-order valence-electron chi connectivity index (χ3n) is 2.86. The van der Waals surface area contributed by atoms with Crippen molar-refractivity contribution in [2.45, 2.75) is 13.3 Å². The Hall–Kier alpha value is -1.66. The summed E-state index contributed by atoms with van der Waals surface area (Å²) in [5.74, 6) is 5.87. The van der Waals surface area contributed by atoms with Crippen LogP contribution in [-0.4, -0.2) is 54.9 Å². The normalized spacial score (nSPS) is 10.6. The molecule has 0 unspecified atom stereocenters. The predicted octanol–water partition coefficient (Wildman–Crippen LogP) is 0.563. The van der Waals surface area contributed by atoms with Crippen molar-refractivity contribution in [2.24, 2.45) is 5.84 Å². The van der Waals surface area contributed by atoms with Gasteiger partial charge in [0.15, 0.2) is 0 Å². The van der Waals surface area contributed by atoms with E-state index in [1.807, 2.05) is 32.0 Å². The van der Waals surface area contributed by atoms with E-state index in [0.717, 1.165) is 18.7 Å². The molecule has 0 spiro atoms. The first-order valence-corrected chi connectivity index (χ1v) is 6.35. The largest absolute Gasteiger partial charge is 0.340 e. The number of nitrogens with one attached hydrogen (secondary N) is 1.